The van der Waals surface area contributed by atoms with E-state index in [1.54, 1.807) is 7.05 Å². The number of benzene rings is 1. The summed E-state index contributed by atoms with van der Waals surface area (Å²) < 4.78 is 42.7. The number of halogens is 5. The molecule has 1 fully saturated rings. The largest absolute Gasteiger partial charge is 0.358 e. The van der Waals surface area contributed by atoms with E-state index in [4.69, 9.17) is 11.6 Å². The monoisotopic (exact) mass is 404 g/mol. The Morgan fingerprint density at radius 2 is 2.09 bits per heavy atom. The first kappa shape index (κ1) is 16.1. The number of nitrogens with zero attached hydrogens (tertiary/aromatic N) is 4. The molecule has 0 atom stereocenters. The molecule has 0 amide bonds. The molecule has 3 rings (SSSR count). The van der Waals surface area contributed by atoms with Gasteiger partial charge in [-0.05, 0) is 22.0 Å². The Balaban J connectivity index is 2.24. The maximum Gasteiger partial charge on any atom is 0.282 e. The number of aromatic nitrogens is 2. The molecule has 1 aromatic heterocycles. The van der Waals surface area contributed by atoms with Gasteiger partial charge in [0.2, 0.25) is 0 Å². The average Bonchev–Trinajstić information content (AvgIpc) is 2.78. The van der Waals surface area contributed by atoms with E-state index in [1.165, 1.54) is 21.8 Å². The Bertz CT molecular complexity index is 816. The number of hydrogen-bond donors (Lipinski definition) is 0. The minimum Gasteiger partial charge on any atom is -0.358 e. The molecule has 2 heterocycles. The quantitative estimate of drug-likeness (QED) is 0.759. The molecule has 23 heavy (non-hydrogen) atoms. The summed E-state index contributed by atoms with van der Waals surface area (Å²) in [6.45, 7) is -1.06. The molecule has 0 N–H and O–H groups in total. The third-order valence-electron chi connectivity index (χ3n) is 3.63. The molecule has 1 saturated heterocycles. The van der Waals surface area contributed by atoms with Gasteiger partial charge < -0.3 is 4.90 Å². The third-order valence-corrected chi connectivity index (χ3v) is 4.48. The second kappa shape index (κ2) is 5.42. The van der Waals surface area contributed by atoms with Crippen LogP contribution in [0.15, 0.2) is 16.7 Å². The van der Waals surface area contributed by atoms with Gasteiger partial charge in [-0.2, -0.15) is 10.4 Å². The number of alkyl halides is 2. The fraction of sp³-hybridized carbons (Fsp3) is 0.286. The summed E-state index contributed by atoms with van der Waals surface area (Å²) in [5.74, 6) is -3.61. The summed E-state index contributed by atoms with van der Waals surface area (Å²) in [4.78, 5) is 1.30. The summed E-state index contributed by atoms with van der Waals surface area (Å²) in [5.41, 5.74) is 0.395. The fourth-order valence-electron chi connectivity index (χ4n) is 2.57. The number of anilines is 1. The van der Waals surface area contributed by atoms with Crippen molar-refractivity contribution in [2.24, 2.45) is 7.05 Å². The van der Waals surface area contributed by atoms with Crippen molar-refractivity contribution in [3.05, 3.63) is 33.1 Å². The maximum absolute atomic E-state index is 14.6. The van der Waals surface area contributed by atoms with Crippen LogP contribution in [0.4, 0.5) is 18.9 Å². The van der Waals surface area contributed by atoms with E-state index < -0.39 is 24.8 Å². The van der Waals surface area contributed by atoms with E-state index in [0.29, 0.717) is 10.2 Å². The highest BCUT2D eigenvalue weighted by Gasteiger charge is 2.45. The lowest BCUT2D eigenvalue weighted by Crippen LogP contribution is -2.56. The highest BCUT2D eigenvalue weighted by molar-refractivity contribution is 9.10. The second-order valence-corrected chi connectivity index (χ2v) is 6.49. The van der Waals surface area contributed by atoms with Gasteiger partial charge in [0.15, 0.2) is 5.82 Å². The van der Waals surface area contributed by atoms with Crippen LogP contribution in [-0.4, -0.2) is 28.8 Å². The number of aryl methyl sites for hydroxylation is 1. The van der Waals surface area contributed by atoms with E-state index in [1.807, 2.05) is 6.07 Å². The minimum absolute atomic E-state index is 0.0494. The van der Waals surface area contributed by atoms with Crippen LogP contribution in [0.3, 0.4) is 0 Å². The van der Waals surface area contributed by atoms with Crippen LogP contribution in [0, 0.1) is 17.1 Å². The molecule has 0 radical (unpaired) electrons. The van der Waals surface area contributed by atoms with Crippen molar-refractivity contribution in [3.63, 3.8) is 0 Å². The van der Waals surface area contributed by atoms with Crippen LogP contribution in [0.1, 0.15) is 5.56 Å². The lowest BCUT2D eigenvalue weighted by molar-refractivity contribution is -0.0262. The van der Waals surface area contributed by atoms with E-state index in [-0.39, 0.29) is 21.8 Å². The fourth-order valence-corrected chi connectivity index (χ4v) is 3.32. The molecule has 120 valence electrons. The van der Waals surface area contributed by atoms with Crippen LogP contribution in [0.5, 0.6) is 0 Å². The lowest BCUT2D eigenvalue weighted by atomic mass is 9.99. The molecule has 1 aliphatic heterocycles. The summed E-state index contributed by atoms with van der Waals surface area (Å²) in [7, 11) is 1.58. The SMILES string of the molecule is Cn1ncc(Br)c1-c1c(F)c(Cl)cc(N2CC(F)(F)C2)c1C#N. The predicted molar refractivity (Wildman–Crippen MR) is 83.2 cm³/mol. The molecule has 1 aromatic carbocycles. The second-order valence-electron chi connectivity index (χ2n) is 5.23. The lowest BCUT2D eigenvalue weighted by Gasteiger charge is -2.41. The Kier molecular flexibility index (Phi) is 3.81. The molecule has 0 saturated carbocycles. The predicted octanol–water partition coefficient (Wildman–Crippen LogP) is 3.97. The van der Waals surface area contributed by atoms with Gasteiger partial charge in [-0.1, -0.05) is 11.6 Å². The van der Waals surface area contributed by atoms with E-state index >= 15 is 0 Å². The zero-order valence-corrected chi connectivity index (χ0v) is 14.1. The molecule has 2 aromatic rings. The van der Waals surface area contributed by atoms with Crippen LogP contribution in [0.2, 0.25) is 5.02 Å². The zero-order valence-electron chi connectivity index (χ0n) is 11.7. The van der Waals surface area contributed by atoms with Crippen molar-refractivity contribution < 1.29 is 13.2 Å². The van der Waals surface area contributed by atoms with Crippen molar-refractivity contribution >= 4 is 33.2 Å². The average molecular weight is 406 g/mol. The Hall–Kier alpha value is -1.72. The standard InChI is InChI=1S/C14H9BrClF3N4/c1-22-13(8(15)4-21-22)11-7(3-20)10(2-9(16)12(11)17)23-5-14(18,19)6-23/h2,4H,5-6H2,1H3. The molecule has 0 unspecified atom stereocenters. The minimum atomic E-state index is -2.82. The Morgan fingerprint density at radius 3 is 2.57 bits per heavy atom. The van der Waals surface area contributed by atoms with Crippen molar-refractivity contribution in [1.29, 1.82) is 5.26 Å². The van der Waals surface area contributed by atoms with Gasteiger partial charge in [-0.15, -0.1) is 0 Å². The molecule has 1 aliphatic rings. The summed E-state index contributed by atoms with van der Waals surface area (Å²) in [6, 6.07) is 3.11. The van der Waals surface area contributed by atoms with Gasteiger partial charge in [-0.25, -0.2) is 13.2 Å². The topological polar surface area (TPSA) is 44.9 Å². The molecule has 9 heteroatoms. The molecule has 4 nitrogen and oxygen atoms in total. The van der Waals surface area contributed by atoms with Crippen molar-refractivity contribution in [2.75, 3.05) is 18.0 Å². The number of hydrogen-bond acceptors (Lipinski definition) is 3. The third kappa shape index (κ3) is 2.58. The molecular weight excluding hydrogens is 397 g/mol. The molecular formula is C14H9BrClF3N4. The van der Waals surface area contributed by atoms with Gasteiger partial charge in [0.1, 0.15) is 6.07 Å². The first-order chi connectivity index (χ1) is 10.7. The van der Waals surface area contributed by atoms with Crippen LogP contribution >= 0.6 is 27.5 Å². The number of rotatable bonds is 2. The van der Waals surface area contributed by atoms with Crippen molar-refractivity contribution in [2.45, 2.75) is 5.92 Å². The molecule has 0 bridgehead atoms. The van der Waals surface area contributed by atoms with Crippen LogP contribution in [0.25, 0.3) is 11.3 Å². The van der Waals surface area contributed by atoms with Crippen molar-refractivity contribution in [3.8, 4) is 17.3 Å². The highest BCUT2D eigenvalue weighted by atomic mass is 79.9. The highest BCUT2D eigenvalue weighted by Crippen LogP contribution is 2.42. The van der Waals surface area contributed by atoms with Gasteiger partial charge in [0.05, 0.1) is 51.3 Å². The van der Waals surface area contributed by atoms with E-state index in [0.717, 1.165) is 0 Å². The van der Waals surface area contributed by atoms with E-state index in [2.05, 4.69) is 21.0 Å². The normalized spacial score (nSPS) is 16.1. The smallest absolute Gasteiger partial charge is 0.282 e. The Morgan fingerprint density at radius 1 is 1.43 bits per heavy atom. The summed E-state index contributed by atoms with van der Waals surface area (Å²) >= 11 is 9.17. The molecule has 0 spiro atoms. The zero-order chi connectivity index (χ0) is 16.9. The van der Waals surface area contributed by atoms with Crippen LogP contribution in [-0.2, 0) is 7.05 Å². The van der Waals surface area contributed by atoms with Crippen molar-refractivity contribution in [1.82, 2.24) is 9.78 Å². The first-order valence-electron chi connectivity index (χ1n) is 6.48. The number of nitriles is 1. The maximum atomic E-state index is 14.6. The Labute approximate surface area is 143 Å². The summed E-state index contributed by atoms with van der Waals surface area (Å²) in [5, 5.41) is 13.2. The summed E-state index contributed by atoms with van der Waals surface area (Å²) in [6.07, 6.45) is 1.45. The van der Waals surface area contributed by atoms with Gasteiger partial charge >= 0.3 is 0 Å². The van der Waals surface area contributed by atoms with Gasteiger partial charge in [0.25, 0.3) is 5.92 Å². The van der Waals surface area contributed by atoms with Crippen LogP contribution < -0.4 is 4.90 Å². The van der Waals surface area contributed by atoms with Gasteiger partial charge in [0, 0.05) is 7.05 Å². The molecule has 0 aliphatic carbocycles. The van der Waals surface area contributed by atoms with Gasteiger partial charge in [-0.3, -0.25) is 4.68 Å². The first-order valence-corrected chi connectivity index (χ1v) is 7.65. The van der Waals surface area contributed by atoms with E-state index in [9.17, 15) is 18.4 Å².